The SMILES string of the molecule is O=C(O)CC/C(O)=C/C(=O)c1ccc(-c2ccc(C(F)(F)F)cc2)cc1. The zero-order valence-electron chi connectivity index (χ0n) is 13.5. The second kappa shape index (κ2) is 7.86. The lowest BCUT2D eigenvalue weighted by molar-refractivity contribution is -0.138. The van der Waals surface area contributed by atoms with Crippen molar-refractivity contribution in [2.45, 2.75) is 19.0 Å². The lowest BCUT2D eigenvalue weighted by Crippen LogP contribution is -2.04. The predicted octanol–water partition coefficient (Wildman–Crippen LogP) is 4.86. The molecule has 2 aromatic carbocycles. The van der Waals surface area contributed by atoms with Gasteiger partial charge < -0.3 is 10.2 Å². The van der Waals surface area contributed by atoms with Crippen LogP contribution in [0.2, 0.25) is 0 Å². The summed E-state index contributed by atoms with van der Waals surface area (Å²) in [5.41, 5.74) is 0.726. The molecule has 2 rings (SSSR count). The van der Waals surface area contributed by atoms with Crippen LogP contribution in [0.5, 0.6) is 0 Å². The van der Waals surface area contributed by atoms with Crippen molar-refractivity contribution in [2.24, 2.45) is 0 Å². The van der Waals surface area contributed by atoms with E-state index in [1.165, 1.54) is 24.3 Å². The Bertz CT molecular complexity index is 819. The summed E-state index contributed by atoms with van der Waals surface area (Å²) < 4.78 is 37.7. The van der Waals surface area contributed by atoms with Gasteiger partial charge in [0.2, 0.25) is 0 Å². The Morgan fingerprint density at radius 2 is 1.35 bits per heavy atom. The molecule has 0 fully saturated rings. The molecule has 26 heavy (non-hydrogen) atoms. The summed E-state index contributed by atoms with van der Waals surface area (Å²) >= 11 is 0. The van der Waals surface area contributed by atoms with Crippen LogP contribution in [0.25, 0.3) is 11.1 Å². The van der Waals surface area contributed by atoms with Gasteiger partial charge in [0.25, 0.3) is 0 Å². The number of rotatable bonds is 6. The molecule has 4 nitrogen and oxygen atoms in total. The molecule has 0 bridgehead atoms. The third-order valence-electron chi connectivity index (χ3n) is 3.61. The Morgan fingerprint density at radius 1 is 0.846 bits per heavy atom. The molecule has 0 heterocycles. The van der Waals surface area contributed by atoms with Gasteiger partial charge in [-0.05, 0) is 23.3 Å². The van der Waals surface area contributed by atoms with E-state index < -0.39 is 23.5 Å². The zero-order chi connectivity index (χ0) is 19.3. The molecule has 0 aliphatic rings. The number of hydrogen-bond donors (Lipinski definition) is 2. The Hall–Kier alpha value is -3.09. The number of halogens is 3. The predicted molar refractivity (Wildman–Crippen MR) is 88.8 cm³/mol. The van der Waals surface area contributed by atoms with Crippen molar-refractivity contribution in [1.29, 1.82) is 0 Å². The first kappa shape index (κ1) is 19.2. The van der Waals surface area contributed by atoms with E-state index in [1.54, 1.807) is 12.1 Å². The van der Waals surface area contributed by atoms with E-state index in [1.807, 2.05) is 0 Å². The molecule has 2 aromatic rings. The van der Waals surface area contributed by atoms with Crippen molar-refractivity contribution in [3.8, 4) is 11.1 Å². The Balaban J connectivity index is 2.11. The largest absolute Gasteiger partial charge is 0.512 e. The van der Waals surface area contributed by atoms with Gasteiger partial charge >= 0.3 is 12.1 Å². The molecule has 0 atom stereocenters. The van der Waals surface area contributed by atoms with Gasteiger partial charge in [0.15, 0.2) is 5.78 Å². The van der Waals surface area contributed by atoms with Crippen LogP contribution in [0.3, 0.4) is 0 Å². The molecule has 0 aliphatic carbocycles. The van der Waals surface area contributed by atoms with Gasteiger partial charge in [-0.3, -0.25) is 9.59 Å². The number of aliphatic hydroxyl groups is 1. The lowest BCUT2D eigenvalue weighted by atomic mass is 10.0. The van der Waals surface area contributed by atoms with Gasteiger partial charge in [-0.15, -0.1) is 0 Å². The third kappa shape index (κ3) is 5.20. The molecule has 0 aliphatic heterocycles. The van der Waals surface area contributed by atoms with Crippen LogP contribution < -0.4 is 0 Å². The third-order valence-corrected chi connectivity index (χ3v) is 3.61. The summed E-state index contributed by atoms with van der Waals surface area (Å²) in [5.74, 6) is -1.91. The molecule has 0 spiro atoms. The van der Waals surface area contributed by atoms with Crippen molar-refractivity contribution in [1.82, 2.24) is 0 Å². The maximum Gasteiger partial charge on any atom is 0.416 e. The minimum absolute atomic E-state index is 0.148. The number of alkyl halides is 3. The summed E-state index contributed by atoms with van der Waals surface area (Å²) in [6.07, 6.45) is -3.88. The molecular formula is C19H15F3O4. The number of aliphatic hydroxyl groups excluding tert-OH is 1. The number of hydrogen-bond acceptors (Lipinski definition) is 3. The van der Waals surface area contributed by atoms with Crippen LogP contribution in [0, 0.1) is 0 Å². The van der Waals surface area contributed by atoms with Crippen molar-refractivity contribution in [3.63, 3.8) is 0 Å². The first-order chi connectivity index (χ1) is 12.2. The summed E-state index contributed by atoms with van der Waals surface area (Å²) in [6.45, 7) is 0. The van der Waals surface area contributed by atoms with Crippen LogP contribution >= 0.6 is 0 Å². The number of carboxylic acids is 1. The minimum atomic E-state index is -4.40. The van der Waals surface area contributed by atoms with E-state index in [0.29, 0.717) is 11.1 Å². The van der Waals surface area contributed by atoms with Crippen LogP contribution in [-0.2, 0) is 11.0 Å². The van der Waals surface area contributed by atoms with Gasteiger partial charge in [-0.1, -0.05) is 36.4 Å². The molecule has 7 heteroatoms. The first-order valence-electron chi connectivity index (χ1n) is 7.60. The minimum Gasteiger partial charge on any atom is -0.512 e. The van der Waals surface area contributed by atoms with Crippen molar-refractivity contribution >= 4 is 11.8 Å². The van der Waals surface area contributed by atoms with E-state index in [2.05, 4.69) is 0 Å². The number of carbonyl (C=O) groups excluding carboxylic acids is 1. The quantitative estimate of drug-likeness (QED) is 0.436. The average molecular weight is 364 g/mol. The van der Waals surface area contributed by atoms with Gasteiger partial charge in [-0.25, -0.2) is 0 Å². The highest BCUT2D eigenvalue weighted by molar-refractivity contribution is 6.05. The molecule has 0 saturated heterocycles. The standard InChI is InChI=1S/C19H15F3O4/c20-19(21,22)15-7-5-13(6-8-15)12-1-3-14(4-2-12)17(24)11-16(23)9-10-18(25)26/h1-8,11,23H,9-10H2,(H,25,26)/b16-11-. The Kier molecular flexibility index (Phi) is 5.82. The van der Waals surface area contributed by atoms with Gasteiger partial charge in [0.05, 0.1) is 17.7 Å². The highest BCUT2D eigenvalue weighted by Crippen LogP contribution is 2.31. The Morgan fingerprint density at radius 3 is 1.81 bits per heavy atom. The fraction of sp³-hybridized carbons (Fsp3) is 0.158. The summed E-state index contributed by atoms with van der Waals surface area (Å²) in [4.78, 5) is 22.4. The van der Waals surface area contributed by atoms with Crippen molar-refractivity contribution in [3.05, 3.63) is 71.5 Å². The second-order valence-electron chi connectivity index (χ2n) is 5.55. The van der Waals surface area contributed by atoms with Crippen LogP contribution in [-0.4, -0.2) is 22.0 Å². The fourth-order valence-electron chi connectivity index (χ4n) is 2.22. The van der Waals surface area contributed by atoms with E-state index >= 15 is 0 Å². The highest BCUT2D eigenvalue weighted by atomic mass is 19.4. The summed E-state index contributed by atoms with van der Waals surface area (Å²) in [5, 5.41) is 18.1. The average Bonchev–Trinajstić information content (AvgIpc) is 2.59. The maximum absolute atomic E-state index is 12.6. The molecule has 0 unspecified atom stereocenters. The second-order valence-corrected chi connectivity index (χ2v) is 5.55. The van der Waals surface area contributed by atoms with Crippen molar-refractivity contribution < 1.29 is 33.0 Å². The molecule has 0 aromatic heterocycles. The first-order valence-corrected chi connectivity index (χ1v) is 7.60. The number of aliphatic carboxylic acids is 1. The number of allylic oxidation sites excluding steroid dienone is 2. The number of ketones is 1. The number of carboxylic acid groups (broad SMARTS) is 1. The van der Waals surface area contributed by atoms with Gasteiger partial charge in [0, 0.05) is 18.1 Å². The van der Waals surface area contributed by atoms with E-state index in [0.717, 1.165) is 18.2 Å². The lowest BCUT2D eigenvalue weighted by Gasteiger charge is -2.08. The molecule has 0 amide bonds. The molecular weight excluding hydrogens is 349 g/mol. The van der Waals surface area contributed by atoms with Gasteiger partial charge in [-0.2, -0.15) is 13.2 Å². The normalized spacial score (nSPS) is 12.0. The van der Waals surface area contributed by atoms with E-state index in [4.69, 9.17) is 5.11 Å². The smallest absolute Gasteiger partial charge is 0.416 e. The van der Waals surface area contributed by atoms with Crippen molar-refractivity contribution in [2.75, 3.05) is 0 Å². The Labute approximate surface area is 147 Å². The molecule has 136 valence electrons. The number of carbonyl (C=O) groups is 2. The molecule has 0 radical (unpaired) electrons. The molecule has 0 saturated carbocycles. The fourth-order valence-corrected chi connectivity index (χ4v) is 2.22. The van der Waals surface area contributed by atoms with Crippen LogP contribution in [0.15, 0.2) is 60.4 Å². The molecule has 2 N–H and O–H groups in total. The zero-order valence-corrected chi connectivity index (χ0v) is 13.5. The summed E-state index contributed by atoms with van der Waals surface area (Å²) in [7, 11) is 0. The van der Waals surface area contributed by atoms with Crippen LogP contribution in [0.4, 0.5) is 13.2 Å². The van der Waals surface area contributed by atoms with Crippen LogP contribution in [0.1, 0.15) is 28.8 Å². The van der Waals surface area contributed by atoms with E-state index in [-0.39, 0.29) is 24.2 Å². The summed E-state index contributed by atoms with van der Waals surface area (Å²) in [6, 6.07) is 10.8. The number of benzene rings is 2. The topological polar surface area (TPSA) is 74.6 Å². The van der Waals surface area contributed by atoms with E-state index in [9.17, 15) is 27.9 Å². The van der Waals surface area contributed by atoms with Gasteiger partial charge in [0.1, 0.15) is 0 Å². The monoisotopic (exact) mass is 364 g/mol. The highest BCUT2D eigenvalue weighted by Gasteiger charge is 2.29. The maximum atomic E-state index is 12.6.